The van der Waals surface area contributed by atoms with Crippen molar-refractivity contribution in [2.75, 3.05) is 0 Å². The molecule has 0 aliphatic heterocycles. The monoisotopic (exact) mass is 295 g/mol. The largest absolute Gasteiger partial charge is 0.436 e. The highest BCUT2D eigenvalue weighted by Crippen LogP contribution is 2.29. The minimum absolute atomic E-state index is 0.149. The first kappa shape index (κ1) is 15.4. The zero-order chi connectivity index (χ0) is 15.6. The number of hydrogen-bond donors (Lipinski definition) is 1. The maximum Gasteiger partial charge on any atom is 0.222 e. The second-order valence-electron chi connectivity index (χ2n) is 5.18. The number of nitrogens with one attached hydrogen (secondary N) is 1. The molecule has 1 aromatic carbocycles. The number of rotatable bonds is 5. The van der Waals surface area contributed by atoms with Crippen molar-refractivity contribution in [3.63, 3.8) is 0 Å². The zero-order valence-electron chi connectivity index (χ0n) is 12.6. The second kappa shape index (κ2) is 6.22. The number of benzene rings is 1. The molecule has 0 atom stereocenters. The minimum Gasteiger partial charge on any atom is -0.436 e. The van der Waals surface area contributed by atoms with Crippen LogP contribution in [0.15, 0.2) is 18.2 Å². The third-order valence-electron chi connectivity index (χ3n) is 3.10. The summed E-state index contributed by atoms with van der Waals surface area (Å²) in [6, 6.07) is 4.14. The first-order chi connectivity index (χ1) is 9.90. The summed E-state index contributed by atoms with van der Waals surface area (Å²) >= 11 is 0. The van der Waals surface area contributed by atoms with E-state index in [2.05, 4.69) is 10.4 Å². The first-order valence-electron chi connectivity index (χ1n) is 6.78. The standard InChI is InChI=1S/C15H19F2N3O/c1-9(2)18-8-11-10(3)19-20(4)15(11)21-13-7-5-6-12(16)14(13)17/h5-7,9,18H,8H2,1-4H3. The zero-order valence-corrected chi connectivity index (χ0v) is 12.6. The molecule has 1 aromatic heterocycles. The SMILES string of the molecule is Cc1nn(C)c(Oc2cccc(F)c2F)c1CNC(C)C. The fourth-order valence-electron chi connectivity index (χ4n) is 1.99. The third kappa shape index (κ3) is 3.39. The van der Waals surface area contributed by atoms with Crippen LogP contribution >= 0.6 is 0 Å². The Hall–Kier alpha value is -1.95. The summed E-state index contributed by atoms with van der Waals surface area (Å²) in [5.74, 6) is -1.68. The summed E-state index contributed by atoms with van der Waals surface area (Å²) in [5, 5.41) is 7.54. The van der Waals surface area contributed by atoms with Gasteiger partial charge in [0.1, 0.15) is 0 Å². The van der Waals surface area contributed by atoms with E-state index in [0.717, 1.165) is 17.3 Å². The normalized spacial score (nSPS) is 11.2. The second-order valence-corrected chi connectivity index (χ2v) is 5.18. The molecule has 0 aliphatic rings. The Morgan fingerprint density at radius 3 is 2.71 bits per heavy atom. The van der Waals surface area contributed by atoms with Crippen molar-refractivity contribution in [2.45, 2.75) is 33.4 Å². The van der Waals surface area contributed by atoms with Gasteiger partial charge >= 0.3 is 0 Å². The number of aryl methyl sites for hydroxylation is 2. The summed E-state index contributed by atoms with van der Waals surface area (Å²) in [6.07, 6.45) is 0. The molecular weight excluding hydrogens is 276 g/mol. The Labute approximate surface area is 122 Å². The first-order valence-corrected chi connectivity index (χ1v) is 6.78. The highest BCUT2D eigenvalue weighted by atomic mass is 19.2. The van der Waals surface area contributed by atoms with Crippen LogP contribution in [0.2, 0.25) is 0 Å². The number of hydrogen-bond acceptors (Lipinski definition) is 3. The van der Waals surface area contributed by atoms with Gasteiger partial charge in [-0.05, 0) is 19.1 Å². The maximum absolute atomic E-state index is 13.7. The van der Waals surface area contributed by atoms with Gasteiger partial charge in [-0.3, -0.25) is 0 Å². The Bertz CT molecular complexity index is 638. The predicted octanol–water partition coefficient (Wildman–Crippen LogP) is 3.30. The van der Waals surface area contributed by atoms with Crippen LogP contribution in [0.5, 0.6) is 11.6 Å². The molecule has 0 radical (unpaired) electrons. The molecule has 0 spiro atoms. The minimum atomic E-state index is -1.00. The lowest BCUT2D eigenvalue weighted by Crippen LogP contribution is -2.22. The van der Waals surface area contributed by atoms with Gasteiger partial charge in [0.2, 0.25) is 11.7 Å². The van der Waals surface area contributed by atoms with E-state index >= 15 is 0 Å². The average Bonchev–Trinajstić information content (AvgIpc) is 2.67. The van der Waals surface area contributed by atoms with Crippen LogP contribution < -0.4 is 10.1 Å². The van der Waals surface area contributed by atoms with Crippen LogP contribution in [0.1, 0.15) is 25.1 Å². The molecule has 0 saturated carbocycles. The Morgan fingerprint density at radius 1 is 1.33 bits per heavy atom. The molecule has 6 heteroatoms. The number of nitrogens with zero attached hydrogens (tertiary/aromatic N) is 2. The molecule has 1 N–H and O–H groups in total. The van der Waals surface area contributed by atoms with E-state index in [0.29, 0.717) is 18.5 Å². The van der Waals surface area contributed by atoms with E-state index in [1.54, 1.807) is 7.05 Å². The molecule has 0 aliphatic carbocycles. The van der Waals surface area contributed by atoms with Gasteiger partial charge in [-0.2, -0.15) is 9.49 Å². The molecule has 2 rings (SSSR count). The fraction of sp³-hybridized carbons (Fsp3) is 0.400. The van der Waals surface area contributed by atoms with Crippen molar-refractivity contribution >= 4 is 0 Å². The third-order valence-corrected chi connectivity index (χ3v) is 3.10. The van der Waals surface area contributed by atoms with E-state index < -0.39 is 11.6 Å². The van der Waals surface area contributed by atoms with Crippen LogP contribution in [0.3, 0.4) is 0 Å². The lowest BCUT2D eigenvalue weighted by Gasteiger charge is -2.12. The summed E-state index contributed by atoms with van der Waals surface area (Å²) in [7, 11) is 1.71. The molecule has 0 saturated heterocycles. The highest BCUT2D eigenvalue weighted by molar-refractivity contribution is 5.36. The Balaban J connectivity index is 2.33. The van der Waals surface area contributed by atoms with E-state index in [-0.39, 0.29) is 5.75 Å². The number of ether oxygens (including phenoxy) is 1. The van der Waals surface area contributed by atoms with Crippen LogP contribution in [-0.2, 0) is 13.6 Å². The molecule has 0 unspecified atom stereocenters. The van der Waals surface area contributed by atoms with Crippen molar-refractivity contribution < 1.29 is 13.5 Å². The topological polar surface area (TPSA) is 39.1 Å². The smallest absolute Gasteiger partial charge is 0.222 e. The Kier molecular flexibility index (Phi) is 4.57. The number of aromatic nitrogens is 2. The van der Waals surface area contributed by atoms with E-state index in [4.69, 9.17) is 4.74 Å². The van der Waals surface area contributed by atoms with Crippen molar-refractivity contribution in [3.8, 4) is 11.6 Å². The van der Waals surface area contributed by atoms with Crippen molar-refractivity contribution in [1.29, 1.82) is 0 Å². The molecule has 0 fully saturated rings. The quantitative estimate of drug-likeness (QED) is 0.920. The summed E-state index contributed by atoms with van der Waals surface area (Å²) < 4.78 is 34.1. The number of halogens is 2. The average molecular weight is 295 g/mol. The fourth-order valence-corrected chi connectivity index (χ4v) is 1.99. The molecule has 1 heterocycles. The van der Waals surface area contributed by atoms with Gasteiger partial charge in [-0.1, -0.05) is 19.9 Å². The van der Waals surface area contributed by atoms with Crippen molar-refractivity contribution in [2.24, 2.45) is 7.05 Å². The van der Waals surface area contributed by atoms with Gasteiger partial charge in [0.25, 0.3) is 0 Å². The van der Waals surface area contributed by atoms with Crippen molar-refractivity contribution in [3.05, 3.63) is 41.1 Å². The van der Waals surface area contributed by atoms with Gasteiger partial charge in [0.05, 0.1) is 11.3 Å². The van der Waals surface area contributed by atoms with E-state index in [9.17, 15) is 8.78 Å². The molecule has 114 valence electrons. The summed E-state index contributed by atoms with van der Waals surface area (Å²) in [4.78, 5) is 0. The molecule has 21 heavy (non-hydrogen) atoms. The van der Waals surface area contributed by atoms with E-state index in [1.165, 1.54) is 16.8 Å². The summed E-state index contributed by atoms with van der Waals surface area (Å²) in [5.41, 5.74) is 1.62. The molecular formula is C15H19F2N3O. The van der Waals surface area contributed by atoms with E-state index in [1.807, 2.05) is 20.8 Å². The maximum atomic E-state index is 13.7. The van der Waals surface area contributed by atoms with Crippen LogP contribution in [-0.4, -0.2) is 15.8 Å². The highest BCUT2D eigenvalue weighted by Gasteiger charge is 2.18. The molecule has 0 amide bonds. The van der Waals surface area contributed by atoms with Gasteiger partial charge in [-0.15, -0.1) is 0 Å². The molecule has 0 bridgehead atoms. The van der Waals surface area contributed by atoms with Gasteiger partial charge in [-0.25, -0.2) is 9.07 Å². The molecule has 2 aromatic rings. The van der Waals surface area contributed by atoms with Gasteiger partial charge in [0, 0.05) is 19.6 Å². The van der Waals surface area contributed by atoms with Crippen LogP contribution in [0, 0.1) is 18.6 Å². The van der Waals surface area contributed by atoms with Gasteiger partial charge in [0.15, 0.2) is 11.6 Å². The van der Waals surface area contributed by atoms with Crippen molar-refractivity contribution in [1.82, 2.24) is 15.1 Å². The lowest BCUT2D eigenvalue weighted by molar-refractivity contribution is 0.383. The van der Waals surface area contributed by atoms with Crippen LogP contribution in [0.25, 0.3) is 0 Å². The predicted molar refractivity (Wildman–Crippen MR) is 76.4 cm³/mol. The lowest BCUT2D eigenvalue weighted by atomic mass is 10.2. The van der Waals surface area contributed by atoms with Gasteiger partial charge < -0.3 is 10.1 Å². The summed E-state index contributed by atoms with van der Waals surface area (Å²) in [6.45, 7) is 6.45. The molecule has 4 nitrogen and oxygen atoms in total. The Morgan fingerprint density at radius 2 is 2.05 bits per heavy atom. The van der Waals surface area contributed by atoms with Crippen LogP contribution in [0.4, 0.5) is 8.78 Å².